The third-order valence-electron chi connectivity index (χ3n) is 2.71. The highest BCUT2D eigenvalue weighted by Gasteiger charge is 2.29. The van der Waals surface area contributed by atoms with Crippen molar-refractivity contribution in [3.8, 4) is 0 Å². The molecule has 1 rings (SSSR count). The first-order valence-electron chi connectivity index (χ1n) is 5.45. The fraction of sp³-hybridized carbons (Fsp3) is 0.800. The summed E-state index contributed by atoms with van der Waals surface area (Å²) in [5.41, 5.74) is 0. The molecule has 0 aromatic rings. The van der Waals surface area contributed by atoms with Crippen molar-refractivity contribution in [2.75, 3.05) is 6.61 Å². The molecule has 6 heteroatoms. The normalized spacial score (nSPS) is 18.6. The SMILES string of the molecule is CC(NC(=O)N[C@@H](CCO)C(=O)O)C1CC1. The number of carboxylic acids is 1. The van der Waals surface area contributed by atoms with Crippen molar-refractivity contribution < 1.29 is 19.8 Å². The van der Waals surface area contributed by atoms with Crippen molar-refractivity contribution in [2.24, 2.45) is 5.92 Å². The first kappa shape index (κ1) is 12.8. The highest BCUT2D eigenvalue weighted by atomic mass is 16.4. The van der Waals surface area contributed by atoms with Crippen molar-refractivity contribution in [1.29, 1.82) is 0 Å². The van der Waals surface area contributed by atoms with E-state index in [0.717, 1.165) is 12.8 Å². The molecule has 0 aliphatic heterocycles. The van der Waals surface area contributed by atoms with Gasteiger partial charge in [-0.25, -0.2) is 9.59 Å². The predicted molar refractivity (Wildman–Crippen MR) is 57.0 cm³/mol. The van der Waals surface area contributed by atoms with Gasteiger partial charge in [-0.1, -0.05) is 0 Å². The average molecular weight is 230 g/mol. The van der Waals surface area contributed by atoms with E-state index in [0.29, 0.717) is 5.92 Å². The molecule has 2 amide bonds. The van der Waals surface area contributed by atoms with E-state index in [1.165, 1.54) is 0 Å². The number of carboxylic acid groups (broad SMARTS) is 1. The van der Waals surface area contributed by atoms with Crippen LogP contribution in [-0.4, -0.2) is 40.9 Å². The van der Waals surface area contributed by atoms with Gasteiger partial charge < -0.3 is 20.8 Å². The van der Waals surface area contributed by atoms with Crippen LogP contribution in [-0.2, 0) is 4.79 Å². The summed E-state index contributed by atoms with van der Waals surface area (Å²) < 4.78 is 0. The maximum atomic E-state index is 11.4. The molecule has 1 unspecified atom stereocenters. The van der Waals surface area contributed by atoms with Crippen LogP contribution in [0.4, 0.5) is 4.79 Å². The molecule has 92 valence electrons. The molecule has 0 heterocycles. The van der Waals surface area contributed by atoms with Crippen molar-refractivity contribution in [3.05, 3.63) is 0 Å². The highest BCUT2D eigenvalue weighted by molar-refractivity contribution is 5.82. The third kappa shape index (κ3) is 4.06. The maximum absolute atomic E-state index is 11.4. The molecule has 1 fully saturated rings. The molecule has 1 saturated carbocycles. The molecule has 1 aliphatic rings. The predicted octanol–water partition coefficient (Wildman–Crippen LogP) is -0.0803. The van der Waals surface area contributed by atoms with Gasteiger partial charge in [0.2, 0.25) is 0 Å². The summed E-state index contributed by atoms with van der Waals surface area (Å²) in [6, 6.07) is -1.44. The van der Waals surface area contributed by atoms with Crippen LogP contribution in [0.5, 0.6) is 0 Å². The maximum Gasteiger partial charge on any atom is 0.326 e. The number of urea groups is 1. The van der Waals surface area contributed by atoms with E-state index in [2.05, 4.69) is 10.6 Å². The minimum atomic E-state index is -1.14. The van der Waals surface area contributed by atoms with Gasteiger partial charge in [0.05, 0.1) is 0 Å². The minimum absolute atomic E-state index is 0.0144. The number of hydrogen-bond donors (Lipinski definition) is 4. The molecule has 0 spiro atoms. The molecule has 2 atom stereocenters. The van der Waals surface area contributed by atoms with Crippen LogP contribution < -0.4 is 10.6 Å². The van der Waals surface area contributed by atoms with Crippen LogP contribution in [0, 0.1) is 5.92 Å². The largest absolute Gasteiger partial charge is 0.480 e. The molecule has 0 saturated heterocycles. The summed E-state index contributed by atoms with van der Waals surface area (Å²) in [7, 11) is 0. The molecule has 1 aliphatic carbocycles. The zero-order valence-electron chi connectivity index (χ0n) is 9.27. The topological polar surface area (TPSA) is 98.7 Å². The molecule has 0 aromatic heterocycles. The Morgan fingerprint density at radius 2 is 2.00 bits per heavy atom. The molecular weight excluding hydrogens is 212 g/mol. The summed E-state index contributed by atoms with van der Waals surface area (Å²) in [6.45, 7) is 1.63. The average Bonchev–Trinajstić information content (AvgIpc) is 2.99. The van der Waals surface area contributed by atoms with E-state index in [-0.39, 0.29) is 19.1 Å². The van der Waals surface area contributed by atoms with Crippen LogP contribution in [0.2, 0.25) is 0 Å². The molecule has 0 bridgehead atoms. The third-order valence-corrected chi connectivity index (χ3v) is 2.71. The van der Waals surface area contributed by atoms with E-state index >= 15 is 0 Å². The van der Waals surface area contributed by atoms with Gasteiger partial charge in [0.25, 0.3) is 0 Å². The quantitative estimate of drug-likeness (QED) is 0.513. The number of nitrogens with one attached hydrogen (secondary N) is 2. The lowest BCUT2D eigenvalue weighted by molar-refractivity contribution is -0.139. The van der Waals surface area contributed by atoms with Gasteiger partial charge in [-0.15, -0.1) is 0 Å². The van der Waals surface area contributed by atoms with Gasteiger partial charge in [-0.2, -0.15) is 0 Å². The van der Waals surface area contributed by atoms with Crippen molar-refractivity contribution in [2.45, 2.75) is 38.3 Å². The molecule has 0 aromatic carbocycles. The second-order valence-corrected chi connectivity index (χ2v) is 4.15. The fourth-order valence-corrected chi connectivity index (χ4v) is 1.51. The molecule has 6 nitrogen and oxygen atoms in total. The smallest absolute Gasteiger partial charge is 0.326 e. The van der Waals surface area contributed by atoms with Gasteiger partial charge in [0, 0.05) is 19.1 Å². The van der Waals surface area contributed by atoms with Crippen LogP contribution in [0.1, 0.15) is 26.2 Å². The van der Waals surface area contributed by atoms with Gasteiger partial charge >= 0.3 is 12.0 Å². The summed E-state index contributed by atoms with van der Waals surface area (Å²) in [5, 5.41) is 22.4. The first-order valence-corrected chi connectivity index (χ1v) is 5.45. The minimum Gasteiger partial charge on any atom is -0.480 e. The van der Waals surface area contributed by atoms with E-state index in [4.69, 9.17) is 10.2 Å². The van der Waals surface area contributed by atoms with E-state index in [1.807, 2.05) is 6.92 Å². The van der Waals surface area contributed by atoms with Gasteiger partial charge in [0.15, 0.2) is 0 Å². The Morgan fingerprint density at radius 3 is 2.44 bits per heavy atom. The number of hydrogen-bond acceptors (Lipinski definition) is 3. The highest BCUT2D eigenvalue weighted by Crippen LogP contribution is 2.32. The number of carbonyl (C=O) groups excluding carboxylic acids is 1. The Labute approximate surface area is 94.0 Å². The lowest BCUT2D eigenvalue weighted by Crippen LogP contribution is -2.49. The Hall–Kier alpha value is -1.30. The molecule has 0 radical (unpaired) electrons. The lowest BCUT2D eigenvalue weighted by atomic mass is 10.2. The Morgan fingerprint density at radius 1 is 1.38 bits per heavy atom. The standard InChI is InChI=1S/C10H18N2O4/c1-6(7-2-3-7)11-10(16)12-8(4-5-13)9(14)15/h6-8,13H,2-5H2,1H3,(H,14,15)(H2,11,12,16)/t6?,8-/m0/s1. The van der Waals surface area contributed by atoms with Gasteiger partial charge in [-0.05, 0) is 25.7 Å². The number of amides is 2. The fourth-order valence-electron chi connectivity index (χ4n) is 1.51. The number of aliphatic carboxylic acids is 1. The number of aliphatic hydroxyl groups excluding tert-OH is 1. The van der Waals surface area contributed by atoms with E-state index in [9.17, 15) is 9.59 Å². The van der Waals surface area contributed by atoms with Crippen LogP contribution in [0.15, 0.2) is 0 Å². The Balaban J connectivity index is 2.32. The first-order chi connectivity index (χ1) is 7.54. The van der Waals surface area contributed by atoms with Crippen LogP contribution in [0.25, 0.3) is 0 Å². The van der Waals surface area contributed by atoms with Crippen molar-refractivity contribution in [1.82, 2.24) is 10.6 Å². The number of aliphatic hydroxyl groups is 1. The zero-order chi connectivity index (χ0) is 12.1. The summed E-state index contributed by atoms with van der Waals surface area (Å²) in [5.74, 6) is -0.616. The van der Waals surface area contributed by atoms with Gasteiger partial charge in [-0.3, -0.25) is 0 Å². The van der Waals surface area contributed by atoms with Crippen molar-refractivity contribution >= 4 is 12.0 Å². The zero-order valence-corrected chi connectivity index (χ0v) is 9.27. The summed E-state index contributed by atoms with van der Waals surface area (Å²) >= 11 is 0. The van der Waals surface area contributed by atoms with E-state index in [1.54, 1.807) is 0 Å². The monoisotopic (exact) mass is 230 g/mol. The molecule has 4 N–H and O–H groups in total. The second kappa shape index (κ2) is 5.69. The Bertz CT molecular complexity index is 266. The summed E-state index contributed by atoms with van der Waals surface area (Å²) in [4.78, 5) is 22.1. The second-order valence-electron chi connectivity index (χ2n) is 4.15. The number of carbonyl (C=O) groups is 2. The van der Waals surface area contributed by atoms with Gasteiger partial charge in [0.1, 0.15) is 6.04 Å². The van der Waals surface area contributed by atoms with Crippen LogP contribution >= 0.6 is 0 Å². The lowest BCUT2D eigenvalue weighted by Gasteiger charge is -2.17. The van der Waals surface area contributed by atoms with Crippen LogP contribution in [0.3, 0.4) is 0 Å². The molecular formula is C10H18N2O4. The summed E-state index contributed by atoms with van der Waals surface area (Å²) in [6.07, 6.45) is 2.24. The number of rotatable bonds is 6. The molecule has 16 heavy (non-hydrogen) atoms. The van der Waals surface area contributed by atoms with E-state index < -0.39 is 18.0 Å². The van der Waals surface area contributed by atoms with Crippen molar-refractivity contribution in [3.63, 3.8) is 0 Å². The Kier molecular flexibility index (Phi) is 4.54.